The van der Waals surface area contributed by atoms with Gasteiger partial charge in [-0.3, -0.25) is 4.99 Å². The quantitative estimate of drug-likeness (QED) is 0.251. The van der Waals surface area contributed by atoms with Crippen LogP contribution in [0, 0.1) is 0 Å². The van der Waals surface area contributed by atoms with E-state index in [1.807, 2.05) is 24.3 Å². The Labute approximate surface area is 197 Å². The highest BCUT2D eigenvalue weighted by atomic mass is 127. The van der Waals surface area contributed by atoms with Gasteiger partial charge in [0, 0.05) is 42.0 Å². The van der Waals surface area contributed by atoms with Crippen molar-refractivity contribution in [1.29, 1.82) is 0 Å². The normalized spacial score (nSPS) is 11.2. The summed E-state index contributed by atoms with van der Waals surface area (Å²) >= 11 is 7.81. The van der Waals surface area contributed by atoms with Gasteiger partial charge >= 0.3 is 0 Å². The molecule has 1 N–H and O–H groups in total. The average molecular weight is 546 g/mol. The van der Waals surface area contributed by atoms with Crippen LogP contribution in [0.5, 0.6) is 0 Å². The summed E-state index contributed by atoms with van der Waals surface area (Å²) in [5.41, 5.74) is 0.840. The molecule has 0 aliphatic carbocycles. The van der Waals surface area contributed by atoms with E-state index < -0.39 is 0 Å². The van der Waals surface area contributed by atoms with Crippen LogP contribution >= 0.6 is 46.9 Å². The Bertz CT molecular complexity index is 900. The van der Waals surface area contributed by atoms with E-state index in [1.165, 1.54) is 4.88 Å². The van der Waals surface area contributed by atoms with Crippen LogP contribution in [-0.4, -0.2) is 47.7 Å². The third kappa shape index (κ3) is 7.27. The first-order valence-electron chi connectivity index (χ1n) is 9.26. The van der Waals surface area contributed by atoms with Gasteiger partial charge in [0.15, 0.2) is 5.96 Å². The molecule has 3 rings (SSSR count). The van der Waals surface area contributed by atoms with Gasteiger partial charge in [0.05, 0.1) is 6.54 Å². The zero-order valence-corrected chi connectivity index (χ0v) is 20.4. The molecule has 156 valence electrons. The highest BCUT2D eigenvalue weighted by Crippen LogP contribution is 2.20. The summed E-state index contributed by atoms with van der Waals surface area (Å²) in [6.45, 7) is 4.37. The van der Waals surface area contributed by atoms with E-state index in [-0.39, 0.29) is 24.0 Å². The van der Waals surface area contributed by atoms with Gasteiger partial charge in [-0.05, 0) is 36.9 Å². The number of thiophene rings is 1. The summed E-state index contributed by atoms with van der Waals surface area (Å²) in [5.74, 6) is 1.99. The minimum atomic E-state index is 0. The fourth-order valence-corrected chi connectivity index (χ4v) is 3.56. The van der Waals surface area contributed by atoms with Crippen molar-refractivity contribution in [2.45, 2.75) is 19.8 Å². The first kappa shape index (κ1) is 23.6. The lowest BCUT2D eigenvalue weighted by molar-refractivity contribution is 0.380. The predicted octanol–water partition coefficient (Wildman–Crippen LogP) is 4.75. The van der Waals surface area contributed by atoms with Gasteiger partial charge in [-0.15, -0.1) is 35.3 Å². The van der Waals surface area contributed by atoms with E-state index in [9.17, 15) is 0 Å². The largest absolute Gasteiger partial charge is 0.357 e. The van der Waals surface area contributed by atoms with E-state index in [4.69, 9.17) is 21.1 Å². The maximum atomic E-state index is 6.02. The smallest absolute Gasteiger partial charge is 0.228 e. The van der Waals surface area contributed by atoms with E-state index in [0.29, 0.717) is 29.7 Å². The van der Waals surface area contributed by atoms with Gasteiger partial charge in [-0.2, -0.15) is 4.98 Å². The molecule has 0 spiro atoms. The molecule has 2 aromatic heterocycles. The van der Waals surface area contributed by atoms with Crippen LogP contribution < -0.4 is 5.32 Å². The SMILES string of the molecule is CCNC(=NCCc1nc(-c2cccc(Cl)c2)no1)N(C)CCc1cccs1.I. The second-order valence-corrected chi connectivity index (χ2v) is 7.73. The number of hydrogen-bond donors (Lipinski definition) is 1. The van der Waals surface area contributed by atoms with Gasteiger partial charge in [0.25, 0.3) is 0 Å². The van der Waals surface area contributed by atoms with Crippen molar-refractivity contribution in [3.05, 3.63) is 57.6 Å². The molecule has 3 aromatic rings. The second kappa shape index (κ2) is 12.1. The molecule has 0 atom stereocenters. The van der Waals surface area contributed by atoms with Gasteiger partial charge < -0.3 is 14.7 Å². The fraction of sp³-hybridized carbons (Fsp3) is 0.350. The van der Waals surface area contributed by atoms with Crippen LogP contribution in [0.15, 0.2) is 51.3 Å². The molecule has 6 nitrogen and oxygen atoms in total. The van der Waals surface area contributed by atoms with Gasteiger partial charge in [-0.25, -0.2) is 0 Å². The molecule has 1 aromatic carbocycles. The van der Waals surface area contributed by atoms with Crippen molar-refractivity contribution < 1.29 is 4.52 Å². The van der Waals surface area contributed by atoms with Crippen LogP contribution in [0.1, 0.15) is 17.7 Å². The molecule has 9 heteroatoms. The maximum Gasteiger partial charge on any atom is 0.228 e. The number of halogens is 2. The molecule has 0 bridgehead atoms. The highest BCUT2D eigenvalue weighted by Gasteiger charge is 2.10. The van der Waals surface area contributed by atoms with Crippen molar-refractivity contribution in [2.75, 3.05) is 26.7 Å². The molecule has 29 heavy (non-hydrogen) atoms. The highest BCUT2D eigenvalue weighted by molar-refractivity contribution is 14.0. The summed E-state index contributed by atoms with van der Waals surface area (Å²) < 4.78 is 5.35. The Kier molecular flexibility index (Phi) is 9.89. The molecule has 0 fully saturated rings. The number of nitrogens with one attached hydrogen (secondary N) is 1. The van der Waals surface area contributed by atoms with Gasteiger partial charge in [0.1, 0.15) is 0 Å². The van der Waals surface area contributed by atoms with E-state index in [2.05, 4.69) is 51.8 Å². The summed E-state index contributed by atoms with van der Waals surface area (Å²) in [7, 11) is 2.05. The lowest BCUT2D eigenvalue weighted by atomic mass is 10.2. The molecular weight excluding hydrogens is 521 g/mol. The molecule has 0 aliphatic rings. The third-order valence-corrected chi connectivity index (χ3v) is 5.28. The Balaban J connectivity index is 0.00000300. The molecule has 0 unspecified atom stereocenters. The first-order valence-corrected chi connectivity index (χ1v) is 10.5. The molecule has 0 radical (unpaired) electrons. The lowest BCUT2D eigenvalue weighted by Crippen LogP contribution is -2.40. The van der Waals surface area contributed by atoms with Gasteiger partial charge in [-0.1, -0.05) is 35.0 Å². The Morgan fingerprint density at radius 2 is 2.14 bits per heavy atom. The monoisotopic (exact) mass is 545 g/mol. The molecule has 0 aliphatic heterocycles. The minimum Gasteiger partial charge on any atom is -0.357 e. The van der Waals surface area contributed by atoms with Crippen molar-refractivity contribution in [1.82, 2.24) is 20.4 Å². The van der Waals surface area contributed by atoms with Crippen molar-refractivity contribution in [3.63, 3.8) is 0 Å². The average Bonchev–Trinajstić information content (AvgIpc) is 3.37. The standard InChI is InChI=1S/C20H24ClN5OS.HI/c1-3-22-20(26(2)12-10-17-8-5-13-28-17)23-11-9-18-24-19(25-27-18)15-6-4-7-16(21)14-15;/h4-8,13-14H,3,9-12H2,1-2H3,(H,22,23);1H. The summed E-state index contributed by atoms with van der Waals surface area (Å²) in [6, 6.07) is 11.7. The summed E-state index contributed by atoms with van der Waals surface area (Å²) in [6.07, 6.45) is 1.59. The zero-order valence-electron chi connectivity index (χ0n) is 16.5. The molecule has 0 amide bonds. The number of aliphatic imine (C=N–C) groups is 1. The Morgan fingerprint density at radius 1 is 1.28 bits per heavy atom. The van der Waals surface area contributed by atoms with Crippen LogP contribution in [0.3, 0.4) is 0 Å². The van der Waals surface area contributed by atoms with E-state index >= 15 is 0 Å². The molecule has 2 heterocycles. The number of hydrogen-bond acceptors (Lipinski definition) is 5. The number of likely N-dealkylation sites (N-methyl/N-ethyl adjacent to an activating group) is 1. The summed E-state index contributed by atoms with van der Waals surface area (Å²) in [5, 5.41) is 10.1. The molecular formula is C20H25ClIN5OS. The molecule has 0 saturated carbocycles. The first-order chi connectivity index (χ1) is 13.7. The lowest BCUT2D eigenvalue weighted by Gasteiger charge is -2.21. The van der Waals surface area contributed by atoms with E-state index in [0.717, 1.165) is 31.0 Å². The number of aromatic nitrogens is 2. The van der Waals surface area contributed by atoms with Gasteiger partial charge in [0.2, 0.25) is 11.7 Å². The number of guanidine groups is 1. The maximum absolute atomic E-state index is 6.02. The number of nitrogens with zero attached hydrogens (tertiary/aromatic N) is 4. The topological polar surface area (TPSA) is 66.5 Å². The Hall–Kier alpha value is -1.65. The number of benzene rings is 1. The fourth-order valence-electron chi connectivity index (χ4n) is 2.67. The minimum absolute atomic E-state index is 0. The second-order valence-electron chi connectivity index (χ2n) is 6.26. The van der Waals surface area contributed by atoms with Crippen LogP contribution in [0.2, 0.25) is 5.02 Å². The number of rotatable bonds is 8. The van der Waals surface area contributed by atoms with Crippen LogP contribution in [0.25, 0.3) is 11.4 Å². The molecule has 0 saturated heterocycles. The summed E-state index contributed by atoms with van der Waals surface area (Å²) in [4.78, 5) is 12.7. The van der Waals surface area contributed by atoms with Crippen molar-refractivity contribution in [3.8, 4) is 11.4 Å². The predicted molar refractivity (Wildman–Crippen MR) is 130 cm³/mol. The van der Waals surface area contributed by atoms with Crippen LogP contribution in [0.4, 0.5) is 0 Å². The van der Waals surface area contributed by atoms with Crippen LogP contribution in [-0.2, 0) is 12.8 Å². The van der Waals surface area contributed by atoms with E-state index in [1.54, 1.807) is 11.3 Å². The van der Waals surface area contributed by atoms with Crippen molar-refractivity contribution in [2.24, 2.45) is 4.99 Å². The third-order valence-electron chi connectivity index (χ3n) is 4.11. The van der Waals surface area contributed by atoms with Crippen molar-refractivity contribution >= 4 is 52.9 Å². The zero-order chi connectivity index (χ0) is 19.8. The Morgan fingerprint density at radius 3 is 2.86 bits per heavy atom.